The molecule has 14 heavy (non-hydrogen) atoms. The maximum absolute atomic E-state index is 9.21. The highest BCUT2D eigenvalue weighted by atomic mass is 32.2. The highest BCUT2D eigenvalue weighted by Crippen LogP contribution is 2.11. The van der Waals surface area contributed by atoms with Gasteiger partial charge < -0.3 is 10.4 Å². The average molecular weight is 211 g/mol. The highest BCUT2D eigenvalue weighted by molar-refractivity contribution is 7.98. The Balaban J connectivity index is 2.46. The molecule has 0 bridgehead atoms. The molecule has 1 unspecified atom stereocenters. The Morgan fingerprint density at radius 3 is 2.64 bits per heavy atom. The molecule has 0 spiro atoms. The second kappa shape index (κ2) is 6.87. The molecule has 0 aromatic heterocycles. The Bertz CT molecular complexity index is 240. The molecule has 0 aliphatic carbocycles. The number of hydrogen-bond donors (Lipinski definition) is 2. The minimum atomic E-state index is 0.0725. The number of aliphatic hydroxyl groups is 1. The molecule has 1 aromatic carbocycles. The van der Waals surface area contributed by atoms with Gasteiger partial charge in [-0.2, -0.15) is 11.8 Å². The van der Waals surface area contributed by atoms with E-state index in [1.54, 1.807) is 11.8 Å². The highest BCUT2D eigenvalue weighted by Gasteiger charge is 2.07. The molecule has 0 saturated heterocycles. The van der Waals surface area contributed by atoms with Gasteiger partial charge in [0.1, 0.15) is 0 Å². The van der Waals surface area contributed by atoms with E-state index in [9.17, 15) is 5.11 Å². The fraction of sp³-hybridized carbons (Fsp3) is 0.455. The van der Waals surface area contributed by atoms with Crippen LogP contribution in [0.5, 0.6) is 0 Å². The molecule has 0 fully saturated rings. The first-order chi connectivity index (χ1) is 6.88. The van der Waals surface area contributed by atoms with Gasteiger partial charge in [-0.05, 0) is 11.8 Å². The number of benzene rings is 1. The van der Waals surface area contributed by atoms with Crippen molar-refractivity contribution in [2.24, 2.45) is 0 Å². The summed E-state index contributed by atoms with van der Waals surface area (Å²) in [5.74, 6) is 1.07. The van der Waals surface area contributed by atoms with Gasteiger partial charge in [0, 0.05) is 12.3 Å². The summed E-state index contributed by atoms with van der Waals surface area (Å²) in [6.45, 7) is 1.08. The van der Waals surface area contributed by atoms with Crippen LogP contribution in [0.4, 0.5) is 0 Å². The van der Waals surface area contributed by atoms with Crippen molar-refractivity contribution in [1.82, 2.24) is 5.32 Å². The van der Waals surface area contributed by atoms with Crippen LogP contribution in [0.25, 0.3) is 0 Å². The number of thioether (sulfide) groups is 1. The molecule has 78 valence electrons. The van der Waals surface area contributed by atoms with Crippen molar-refractivity contribution in [2.45, 2.75) is 6.04 Å². The van der Waals surface area contributed by atoms with E-state index in [1.807, 2.05) is 30.3 Å². The van der Waals surface area contributed by atoms with Gasteiger partial charge >= 0.3 is 0 Å². The zero-order valence-corrected chi connectivity index (χ0v) is 9.26. The van der Waals surface area contributed by atoms with Crippen LogP contribution in [0.3, 0.4) is 0 Å². The summed E-state index contributed by atoms with van der Waals surface area (Å²) in [5, 5.41) is 12.5. The van der Waals surface area contributed by atoms with Gasteiger partial charge in [0.15, 0.2) is 0 Å². The molecule has 1 rings (SSSR count). The molecule has 2 N–H and O–H groups in total. The van der Waals surface area contributed by atoms with Crippen LogP contribution >= 0.6 is 11.8 Å². The molecule has 0 amide bonds. The Hall–Kier alpha value is -0.510. The molecular formula is C11H17NOS. The summed E-state index contributed by atoms with van der Waals surface area (Å²) in [6.07, 6.45) is 2.08. The monoisotopic (exact) mass is 211 g/mol. The van der Waals surface area contributed by atoms with Gasteiger partial charge in [-0.25, -0.2) is 0 Å². The number of nitrogens with one attached hydrogen (secondary N) is 1. The SMILES string of the molecule is CSCCNC(CO)c1ccccc1. The molecule has 2 nitrogen and oxygen atoms in total. The number of aliphatic hydroxyl groups excluding tert-OH is 1. The predicted molar refractivity (Wildman–Crippen MR) is 62.7 cm³/mol. The number of rotatable bonds is 6. The van der Waals surface area contributed by atoms with Crippen molar-refractivity contribution in [3.8, 4) is 0 Å². The molecule has 1 aromatic rings. The molecule has 0 radical (unpaired) electrons. The average Bonchev–Trinajstić information content (AvgIpc) is 2.26. The maximum atomic E-state index is 9.21. The fourth-order valence-corrected chi connectivity index (χ4v) is 1.63. The molecule has 3 heteroatoms. The quantitative estimate of drug-likeness (QED) is 0.702. The molecule has 1 atom stereocenters. The van der Waals surface area contributed by atoms with Crippen molar-refractivity contribution < 1.29 is 5.11 Å². The summed E-state index contributed by atoms with van der Waals surface area (Å²) in [7, 11) is 0. The number of hydrogen-bond acceptors (Lipinski definition) is 3. The molecular weight excluding hydrogens is 194 g/mol. The Morgan fingerprint density at radius 2 is 2.07 bits per heavy atom. The van der Waals surface area contributed by atoms with Crippen LogP contribution in [0, 0.1) is 0 Å². The van der Waals surface area contributed by atoms with E-state index in [-0.39, 0.29) is 12.6 Å². The molecule has 0 aliphatic heterocycles. The minimum Gasteiger partial charge on any atom is -0.394 e. The van der Waals surface area contributed by atoms with Crippen LogP contribution < -0.4 is 5.32 Å². The van der Waals surface area contributed by atoms with Gasteiger partial charge in [-0.1, -0.05) is 30.3 Å². The van der Waals surface area contributed by atoms with Crippen molar-refractivity contribution in [3.63, 3.8) is 0 Å². The van der Waals surface area contributed by atoms with E-state index >= 15 is 0 Å². The zero-order valence-electron chi connectivity index (χ0n) is 8.44. The van der Waals surface area contributed by atoms with Crippen LogP contribution in [-0.2, 0) is 0 Å². The lowest BCUT2D eigenvalue weighted by atomic mass is 10.1. The summed E-state index contributed by atoms with van der Waals surface area (Å²) in [5.41, 5.74) is 1.15. The van der Waals surface area contributed by atoms with E-state index in [0.29, 0.717) is 0 Å². The first kappa shape index (κ1) is 11.6. The molecule has 0 saturated carbocycles. The van der Waals surface area contributed by atoms with Gasteiger partial charge in [0.05, 0.1) is 12.6 Å². The zero-order chi connectivity index (χ0) is 10.2. The second-order valence-corrected chi connectivity index (χ2v) is 4.08. The maximum Gasteiger partial charge on any atom is 0.0626 e. The Kier molecular flexibility index (Phi) is 5.68. The Morgan fingerprint density at radius 1 is 1.36 bits per heavy atom. The molecule has 0 heterocycles. The van der Waals surface area contributed by atoms with Gasteiger partial charge in [0.2, 0.25) is 0 Å². The lowest BCUT2D eigenvalue weighted by Crippen LogP contribution is -2.26. The van der Waals surface area contributed by atoms with Gasteiger partial charge in [-0.3, -0.25) is 0 Å². The van der Waals surface area contributed by atoms with Crippen molar-refractivity contribution in [2.75, 3.05) is 25.2 Å². The van der Waals surface area contributed by atoms with E-state index in [4.69, 9.17) is 0 Å². The lowest BCUT2D eigenvalue weighted by Gasteiger charge is -2.16. The minimum absolute atomic E-state index is 0.0725. The van der Waals surface area contributed by atoms with E-state index in [1.165, 1.54) is 0 Å². The van der Waals surface area contributed by atoms with Crippen molar-refractivity contribution in [3.05, 3.63) is 35.9 Å². The van der Waals surface area contributed by atoms with Crippen molar-refractivity contribution in [1.29, 1.82) is 0 Å². The smallest absolute Gasteiger partial charge is 0.0626 e. The third-order valence-corrected chi connectivity index (χ3v) is 2.69. The van der Waals surface area contributed by atoms with E-state index in [2.05, 4.69) is 11.6 Å². The lowest BCUT2D eigenvalue weighted by molar-refractivity contribution is 0.246. The molecule has 0 aliphatic rings. The topological polar surface area (TPSA) is 32.3 Å². The van der Waals surface area contributed by atoms with E-state index in [0.717, 1.165) is 17.9 Å². The first-order valence-electron chi connectivity index (χ1n) is 4.76. The first-order valence-corrected chi connectivity index (χ1v) is 6.16. The summed E-state index contributed by atoms with van der Waals surface area (Å²) in [6, 6.07) is 10.1. The normalized spacial score (nSPS) is 12.7. The van der Waals surface area contributed by atoms with Gasteiger partial charge in [0.25, 0.3) is 0 Å². The van der Waals surface area contributed by atoms with Crippen LogP contribution in [0.15, 0.2) is 30.3 Å². The van der Waals surface area contributed by atoms with Crippen molar-refractivity contribution >= 4 is 11.8 Å². The summed E-state index contributed by atoms with van der Waals surface area (Å²) in [4.78, 5) is 0. The van der Waals surface area contributed by atoms with Crippen LogP contribution in [-0.4, -0.2) is 30.3 Å². The van der Waals surface area contributed by atoms with Crippen LogP contribution in [0.1, 0.15) is 11.6 Å². The fourth-order valence-electron chi connectivity index (χ4n) is 1.31. The van der Waals surface area contributed by atoms with Crippen LogP contribution in [0.2, 0.25) is 0 Å². The summed E-state index contributed by atoms with van der Waals surface area (Å²) < 4.78 is 0. The Labute approximate surface area is 89.7 Å². The standard InChI is InChI=1S/C11H17NOS/c1-14-8-7-12-11(9-13)10-5-3-2-4-6-10/h2-6,11-13H,7-9H2,1H3. The second-order valence-electron chi connectivity index (χ2n) is 3.09. The third-order valence-electron chi connectivity index (χ3n) is 2.08. The third kappa shape index (κ3) is 3.70. The van der Waals surface area contributed by atoms with Gasteiger partial charge in [-0.15, -0.1) is 0 Å². The predicted octanol–water partition coefficient (Wildman–Crippen LogP) is 1.67. The van der Waals surface area contributed by atoms with E-state index < -0.39 is 0 Å². The summed E-state index contributed by atoms with van der Waals surface area (Å²) >= 11 is 1.81. The largest absolute Gasteiger partial charge is 0.394 e.